The third-order valence-corrected chi connectivity index (χ3v) is 5.02. The van der Waals surface area contributed by atoms with E-state index >= 15 is 0 Å². The number of nitrogens with zero attached hydrogens (tertiary/aromatic N) is 6. The van der Waals surface area contributed by atoms with E-state index in [1.54, 1.807) is 12.1 Å². The molecule has 1 N–H and O–H groups in total. The van der Waals surface area contributed by atoms with Crippen LogP contribution in [-0.4, -0.2) is 63.6 Å². The maximum atomic E-state index is 12.2. The van der Waals surface area contributed by atoms with Gasteiger partial charge in [0.25, 0.3) is 5.91 Å². The fourth-order valence-electron chi connectivity index (χ4n) is 3.35. The van der Waals surface area contributed by atoms with Gasteiger partial charge >= 0.3 is 0 Å². The second kappa shape index (κ2) is 7.87. The number of amides is 1. The van der Waals surface area contributed by atoms with Gasteiger partial charge in [0, 0.05) is 49.5 Å². The summed E-state index contributed by atoms with van der Waals surface area (Å²) in [6.07, 6.45) is 3.06. The van der Waals surface area contributed by atoms with Gasteiger partial charge in [-0.1, -0.05) is 18.2 Å². The molecule has 0 bridgehead atoms. The fraction of sp³-hybridized carbons (Fsp3) is 0.300. The number of rotatable bonds is 4. The number of fused-ring (bicyclic) bond motifs is 1. The highest BCUT2D eigenvalue weighted by Gasteiger charge is 2.20. The van der Waals surface area contributed by atoms with E-state index in [2.05, 4.69) is 32.1 Å². The van der Waals surface area contributed by atoms with E-state index in [9.17, 15) is 9.90 Å². The van der Waals surface area contributed by atoms with Gasteiger partial charge < -0.3 is 10.0 Å². The van der Waals surface area contributed by atoms with E-state index in [0.29, 0.717) is 17.9 Å². The van der Waals surface area contributed by atoms with Crippen LogP contribution in [0.1, 0.15) is 10.4 Å². The largest absolute Gasteiger partial charge is 0.493 e. The van der Waals surface area contributed by atoms with E-state index in [1.165, 1.54) is 12.4 Å². The summed E-state index contributed by atoms with van der Waals surface area (Å²) in [5.74, 6) is -0.455. The lowest BCUT2D eigenvalue weighted by atomic mass is 10.2. The molecular formula is C20H22N6O2. The van der Waals surface area contributed by atoms with Crippen LogP contribution in [0.15, 0.2) is 59.0 Å². The molecule has 4 rings (SSSR count). The van der Waals surface area contributed by atoms with Crippen LogP contribution < -0.4 is 0 Å². The molecule has 2 aromatic heterocycles. The lowest BCUT2D eigenvalue weighted by Gasteiger charge is -2.32. The number of hydrogen-bond donors (Lipinski definition) is 1. The van der Waals surface area contributed by atoms with Gasteiger partial charge in [-0.15, -0.1) is 10.2 Å². The molecule has 144 valence electrons. The van der Waals surface area contributed by atoms with Crippen molar-refractivity contribution >= 4 is 22.5 Å². The molecule has 1 fully saturated rings. The van der Waals surface area contributed by atoms with Crippen molar-refractivity contribution in [3.63, 3.8) is 0 Å². The summed E-state index contributed by atoms with van der Waals surface area (Å²) >= 11 is 0. The molecule has 0 saturated carbocycles. The first-order valence-corrected chi connectivity index (χ1v) is 9.20. The first-order valence-electron chi connectivity index (χ1n) is 9.20. The van der Waals surface area contributed by atoms with E-state index in [1.807, 2.05) is 28.8 Å². The summed E-state index contributed by atoms with van der Waals surface area (Å²) in [6, 6.07) is 10.8. The SMILES string of the molecule is CN1CCN(Cn2c(O)c(N=NC(=O)c3ccncc3)c3ccccc32)CC1. The predicted molar refractivity (Wildman–Crippen MR) is 106 cm³/mol. The lowest BCUT2D eigenvalue weighted by molar-refractivity contribution is 0.0995. The van der Waals surface area contributed by atoms with Crippen LogP contribution in [0.2, 0.25) is 0 Å². The first kappa shape index (κ1) is 18.3. The zero-order chi connectivity index (χ0) is 19.5. The van der Waals surface area contributed by atoms with Crippen molar-refractivity contribution < 1.29 is 9.90 Å². The minimum absolute atomic E-state index is 0.0198. The van der Waals surface area contributed by atoms with Gasteiger partial charge in [-0.3, -0.25) is 19.2 Å². The number of aromatic nitrogens is 2. The highest BCUT2D eigenvalue weighted by Crippen LogP contribution is 2.39. The second-order valence-electron chi connectivity index (χ2n) is 6.92. The zero-order valence-electron chi connectivity index (χ0n) is 15.7. The molecule has 0 aliphatic carbocycles. The Bertz CT molecular complexity index is 1010. The Kier molecular flexibility index (Phi) is 5.14. The normalized spacial score (nSPS) is 16.2. The summed E-state index contributed by atoms with van der Waals surface area (Å²) in [7, 11) is 2.11. The quantitative estimate of drug-likeness (QED) is 0.706. The molecule has 1 saturated heterocycles. The number of aromatic hydroxyl groups is 1. The molecule has 0 spiro atoms. The predicted octanol–water partition coefficient (Wildman–Crippen LogP) is 2.87. The van der Waals surface area contributed by atoms with Gasteiger partial charge in [-0.25, -0.2) is 0 Å². The third kappa shape index (κ3) is 3.64. The summed E-state index contributed by atoms with van der Waals surface area (Å²) in [4.78, 5) is 20.7. The van der Waals surface area contributed by atoms with Gasteiger partial charge in [0.15, 0.2) is 5.69 Å². The van der Waals surface area contributed by atoms with Crippen molar-refractivity contribution in [2.24, 2.45) is 10.2 Å². The minimum Gasteiger partial charge on any atom is -0.493 e. The molecule has 1 aliphatic rings. The highest BCUT2D eigenvalue weighted by molar-refractivity contribution is 5.97. The Morgan fingerprint density at radius 3 is 2.57 bits per heavy atom. The highest BCUT2D eigenvalue weighted by atomic mass is 16.3. The molecule has 0 unspecified atom stereocenters. The first-order chi connectivity index (χ1) is 13.6. The van der Waals surface area contributed by atoms with Crippen molar-refractivity contribution in [2.75, 3.05) is 33.2 Å². The molecule has 3 aromatic rings. The van der Waals surface area contributed by atoms with E-state index in [0.717, 1.165) is 37.1 Å². The van der Waals surface area contributed by atoms with Gasteiger partial charge in [-0.2, -0.15) is 0 Å². The topological polar surface area (TPSA) is 86.3 Å². The maximum Gasteiger partial charge on any atom is 0.295 e. The number of benzene rings is 1. The van der Waals surface area contributed by atoms with E-state index in [-0.39, 0.29) is 5.88 Å². The number of pyridine rings is 1. The van der Waals surface area contributed by atoms with Crippen molar-refractivity contribution in [1.29, 1.82) is 0 Å². The number of likely N-dealkylation sites (N-methyl/N-ethyl adjacent to an activating group) is 1. The summed E-state index contributed by atoms with van der Waals surface area (Å²) in [6.45, 7) is 4.41. The molecular weight excluding hydrogens is 356 g/mol. The summed E-state index contributed by atoms with van der Waals surface area (Å²) in [5, 5.41) is 19.5. The fourth-order valence-corrected chi connectivity index (χ4v) is 3.35. The minimum atomic E-state index is -0.474. The Morgan fingerprint density at radius 2 is 1.82 bits per heavy atom. The van der Waals surface area contributed by atoms with Crippen LogP contribution in [0.3, 0.4) is 0 Å². The molecule has 28 heavy (non-hydrogen) atoms. The number of hydrogen-bond acceptors (Lipinski definition) is 6. The molecule has 1 amide bonds. The van der Waals surface area contributed by atoms with E-state index < -0.39 is 5.91 Å². The molecule has 0 radical (unpaired) electrons. The number of azo groups is 1. The van der Waals surface area contributed by atoms with Crippen molar-refractivity contribution in [2.45, 2.75) is 6.67 Å². The van der Waals surface area contributed by atoms with Gasteiger partial charge in [0.1, 0.15) is 0 Å². The Balaban J connectivity index is 1.64. The van der Waals surface area contributed by atoms with Crippen LogP contribution in [0, 0.1) is 0 Å². The molecule has 8 nitrogen and oxygen atoms in total. The Morgan fingerprint density at radius 1 is 1.11 bits per heavy atom. The van der Waals surface area contributed by atoms with Crippen LogP contribution >= 0.6 is 0 Å². The smallest absolute Gasteiger partial charge is 0.295 e. The number of carbonyl (C=O) groups is 1. The van der Waals surface area contributed by atoms with Crippen LogP contribution in [0.25, 0.3) is 10.9 Å². The van der Waals surface area contributed by atoms with Crippen LogP contribution in [-0.2, 0) is 6.67 Å². The molecule has 0 atom stereocenters. The van der Waals surface area contributed by atoms with Crippen molar-refractivity contribution in [3.05, 3.63) is 54.4 Å². The number of piperazine rings is 1. The average molecular weight is 378 g/mol. The number of para-hydroxylation sites is 1. The third-order valence-electron chi connectivity index (χ3n) is 5.02. The molecule has 8 heteroatoms. The second-order valence-corrected chi connectivity index (χ2v) is 6.92. The lowest BCUT2D eigenvalue weighted by Crippen LogP contribution is -2.44. The summed E-state index contributed by atoms with van der Waals surface area (Å²) < 4.78 is 1.83. The average Bonchev–Trinajstić information content (AvgIpc) is 3.00. The van der Waals surface area contributed by atoms with Crippen molar-refractivity contribution in [1.82, 2.24) is 19.4 Å². The molecule has 3 heterocycles. The summed E-state index contributed by atoms with van der Waals surface area (Å²) in [5.41, 5.74) is 1.58. The molecule has 1 aliphatic heterocycles. The maximum absolute atomic E-state index is 12.2. The standard InChI is InChI=1S/C20H22N6O2/c1-24-10-12-25(13-11-24)14-26-17-5-3-2-4-16(17)18(20(26)28)22-23-19(27)15-6-8-21-9-7-15/h2-9,28H,10-14H2,1H3. The monoisotopic (exact) mass is 378 g/mol. The molecule has 1 aromatic carbocycles. The van der Waals surface area contributed by atoms with E-state index in [4.69, 9.17) is 0 Å². The Labute approximate surface area is 162 Å². The van der Waals surface area contributed by atoms with Crippen LogP contribution in [0.5, 0.6) is 5.88 Å². The zero-order valence-corrected chi connectivity index (χ0v) is 15.7. The number of carbonyl (C=O) groups excluding carboxylic acids is 1. The van der Waals surface area contributed by atoms with Crippen molar-refractivity contribution in [3.8, 4) is 5.88 Å². The van der Waals surface area contributed by atoms with Gasteiger partial charge in [0.05, 0.1) is 12.2 Å². The van der Waals surface area contributed by atoms with Gasteiger partial charge in [0.2, 0.25) is 5.88 Å². The Hall–Kier alpha value is -3.10. The van der Waals surface area contributed by atoms with Crippen LogP contribution in [0.4, 0.5) is 5.69 Å². The van der Waals surface area contributed by atoms with Gasteiger partial charge in [-0.05, 0) is 25.2 Å².